The Bertz CT molecular complexity index is 752. The number of Topliss-reactive ketones (excluding diaryl/α,β-unsaturated/α-hetero) is 1. The Hall–Kier alpha value is 0.800. The molecular weight excluding hydrogens is 620 g/mol. The highest BCUT2D eigenvalue weighted by Crippen LogP contribution is 2.68. The number of ether oxygens (including phenoxy) is 1. The first-order chi connectivity index (χ1) is 13.0. The van der Waals surface area contributed by atoms with E-state index >= 15 is 0 Å². The summed E-state index contributed by atoms with van der Waals surface area (Å²) in [5.74, 6) is 1.51. The van der Waals surface area contributed by atoms with Gasteiger partial charge in [-0.25, -0.2) is 0 Å². The number of carbonyl (C=O) groups is 2. The molecule has 0 unspecified atom stereocenters. The second kappa shape index (κ2) is 7.44. The highest BCUT2D eigenvalue weighted by molar-refractivity contribution is 9.13. The predicted octanol–water partition coefficient (Wildman–Crippen LogP) is 6.29. The maximum atomic E-state index is 12.7. The Morgan fingerprint density at radius 2 is 1.79 bits per heavy atom. The lowest BCUT2D eigenvalue weighted by molar-refractivity contribution is -0.156. The molecule has 0 heterocycles. The Morgan fingerprint density at radius 1 is 1.11 bits per heavy atom. The van der Waals surface area contributed by atoms with E-state index in [4.69, 9.17) is 4.74 Å². The molecule has 7 heteroatoms. The number of ketones is 1. The second-order valence-electron chi connectivity index (χ2n) is 9.54. The van der Waals surface area contributed by atoms with Crippen molar-refractivity contribution >= 4 is 75.5 Å². The molecule has 0 aliphatic heterocycles. The van der Waals surface area contributed by atoms with Gasteiger partial charge in [0.25, 0.3) is 0 Å². The van der Waals surface area contributed by atoms with Crippen LogP contribution in [0, 0.1) is 28.6 Å². The van der Waals surface area contributed by atoms with Gasteiger partial charge in [-0.2, -0.15) is 0 Å². The monoisotopic (exact) mass is 642 g/mol. The molecule has 4 aliphatic rings. The fourth-order valence-corrected chi connectivity index (χ4v) is 11.6. The van der Waals surface area contributed by atoms with Crippen LogP contribution >= 0.6 is 63.7 Å². The number of carbonyl (C=O) groups excluding carboxylic acids is 2. The molecule has 0 saturated heterocycles. The number of rotatable bonds is 1. The number of hydrogen-bond acceptors (Lipinski definition) is 3. The molecule has 0 radical (unpaired) electrons. The van der Waals surface area contributed by atoms with Crippen LogP contribution in [0.2, 0.25) is 0 Å². The Morgan fingerprint density at radius 3 is 2.43 bits per heavy atom. The quantitative estimate of drug-likeness (QED) is 0.249. The molecule has 0 aromatic heterocycles. The number of hydrogen-bond donors (Lipinski definition) is 0. The van der Waals surface area contributed by atoms with Gasteiger partial charge in [0.2, 0.25) is 0 Å². The van der Waals surface area contributed by atoms with Crippen LogP contribution in [-0.2, 0) is 14.3 Å². The van der Waals surface area contributed by atoms with Crippen LogP contribution in [0.25, 0.3) is 0 Å². The minimum absolute atomic E-state index is 0.0230. The summed E-state index contributed by atoms with van der Waals surface area (Å²) in [4.78, 5) is 24.6. The third kappa shape index (κ3) is 3.02. The van der Waals surface area contributed by atoms with Gasteiger partial charge in [-0.15, -0.1) is 0 Å². The lowest BCUT2D eigenvalue weighted by Crippen LogP contribution is -2.59. The van der Waals surface area contributed by atoms with Crippen molar-refractivity contribution in [3.63, 3.8) is 0 Å². The summed E-state index contributed by atoms with van der Waals surface area (Å²) in [5.41, 5.74) is 1.25. The van der Waals surface area contributed by atoms with Crippen LogP contribution in [0.5, 0.6) is 0 Å². The molecule has 3 nitrogen and oxygen atoms in total. The lowest BCUT2D eigenvalue weighted by Gasteiger charge is -2.61. The Balaban J connectivity index is 1.76. The van der Waals surface area contributed by atoms with Crippen LogP contribution in [-0.4, -0.2) is 32.3 Å². The van der Waals surface area contributed by atoms with Crippen LogP contribution in [0.1, 0.15) is 52.9 Å². The van der Waals surface area contributed by atoms with Gasteiger partial charge >= 0.3 is 5.97 Å². The summed E-state index contributed by atoms with van der Waals surface area (Å²) in [6.07, 6.45) is 5.11. The van der Waals surface area contributed by atoms with Crippen LogP contribution < -0.4 is 0 Å². The van der Waals surface area contributed by atoms with Crippen molar-refractivity contribution in [2.45, 2.75) is 73.5 Å². The van der Waals surface area contributed by atoms with Crippen LogP contribution in [0.3, 0.4) is 0 Å². The van der Waals surface area contributed by atoms with E-state index in [1.165, 1.54) is 12.5 Å². The van der Waals surface area contributed by atoms with E-state index in [0.717, 1.165) is 36.6 Å². The first kappa shape index (κ1) is 22.0. The van der Waals surface area contributed by atoms with Crippen LogP contribution in [0.15, 0.2) is 10.1 Å². The highest BCUT2D eigenvalue weighted by atomic mass is 79.9. The molecule has 0 bridgehead atoms. The van der Waals surface area contributed by atoms with Crippen molar-refractivity contribution in [3.05, 3.63) is 10.1 Å². The number of halogens is 4. The van der Waals surface area contributed by atoms with Crippen molar-refractivity contribution < 1.29 is 14.3 Å². The fraction of sp³-hybridized carbons (Fsp3) is 0.810. The third-order valence-corrected chi connectivity index (χ3v) is 12.7. The average Bonchev–Trinajstić information content (AvgIpc) is 2.93. The Kier molecular flexibility index (Phi) is 5.85. The first-order valence-corrected chi connectivity index (χ1v) is 13.6. The number of esters is 1. The minimum atomic E-state index is -0.166. The summed E-state index contributed by atoms with van der Waals surface area (Å²) in [5, 5.41) is 0. The molecule has 0 spiro atoms. The molecule has 0 aromatic rings. The summed E-state index contributed by atoms with van der Waals surface area (Å²) >= 11 is 15.3. The zero-order chi connectivity index (χ0) is 20.6. The van der Waals surface area contributed by atoms with E-state index in [2.05, 4.69) is 77.6 Å². The number of fused-ring (bicyclic) bond motifs is 5. The molecule has 3 saturated carbocycles. The summed E-state index contributed by atoms with van der Waals surface area (Å²) in [7, 11) is 0. The Labute approximate surface area is 200 Å². The van der Waals surface area contributed by atoms with Gasteiger partial charge in [-0.3, -0.25) is 9.59 Å². The van der Waals surface area contributed by atoms with Gasteiger partial charge < -0.3 is 4.74 Å². The van der Waals surface area contributed by atoms with E-state index in [9.17, 15) is 9.59 Å². The molecule has 28 heavy (non-hydrogen) atoms. The fourth-order valence-electron chi connectivity index (χ4n) is 6.97. The molecule has 0 aromatic carbocycles. The normalized spacial score (nSPS) is 50.7. The van der Waals surface area contributed by atoms with Gasteiger partial charge in [-0.05, 0) is 76.8 Å². The van der Waals surface area contributed by atoms with E-state index in [0.29, 0.717) is 17.8 Å². The zero-order valence-electron chi connectivity index (χ0n) is 16.3. The van der Waals surface area contributed by atoms with E-state index in [1.54, 1.807) is 0 Å². The smallest absolute Gasteiger partial charge is 0.302 e. The van der Waals surface area contributed by atoms with Crippen molar-refractivity contribution in [2.24, 2.45) is 28.6 Å². The first-order valence-electron chi connectivity index (χ1n) is 10.1. The van der Waals surface area contributed by atoms with E-state index in [-0.39, 0.29) is 43.2 Å². The molecular formula is C21H26Br4O3. The molecule has 4 rings (SSSR count). The second-order valence-corrected chi connectivity index (χ2v) is 13.5. The molecule has 3 fully saturated rings. The van der Waals surface area contributed by atoms with Gasteiger partial charge in [0, 0.05) is 17.2 Å². The summed E-state index contributed by atoms with van der Waals surface area (Å²) in [6, 6.07) is 0. The molecule has 0 amide bonds. The minimum Gasteiger partial charge on any atom is -0.462 e. The average molecular weight is 646 g/mol. The summed E-state index contributed by atoms with van der Waals surface area (Å²) < 4.78 is 6.53. The van der Waals surface area contributed by atoms with E-state index in [1.807, 2.05) is 0 Å². The maximum absolute atomic E-state index is 12.7. The maximum Gasteiger partial charge on any atom is 0.302 e. The zero-order valence-corrected chi connectivity index (χ0v) is 22.7. The standard InChI is InChI=1S/C21H26Br4O3/c1-9(26)28-13-5-4-10-14-11(6-7-20(10,13)2)21(3)8-12(22)19(27)18(25)15(21)17(24)16(14)23/h10-14,16-17H,4-8H2,1-3H3/t10-,11-,12+,13-,14-,16-,17-,20-,21+/m0/s1. The molecule has 156 valence electrons. The van der Waals surface area contributed by atoms with Crippen molar-refractivity contribution in [1.29, 1.82) is 0 Å². The van der Waals surface area contributed by atoms with Gasteiger partial charge in [0.15, 0.2) is 5.78 Å². The molecule has 4 aliphatic carbocycles. The van der Waals surface area contributed by atoms with Gasteiger partial charge in [-0.1, -0.05) is 61.6 Å². The lowest BCUT2D eigenvalue weighted by atomic mass is 9.47. The van der Waals surface area contributed by atoms with E-state index < -0.39 is 0 Å². The van der Waals surface area contributed by atoms with Gasteiger partial charge in [0.05, 0.1) is 14.1 Å². The number of allylic oxidation sites excluding steroid dienone is 1. The van der Waals surface area contributed by atoms with Crippen molar-refractivity contribution in [3.8, 4) is 0 Å². The third-order valence-electron chi connectivity index (χ3n) is 8.25. The van der Waals surface area contributed by atoms with Gasteiger partial charge in [0.1, 0.15) is 6.10 Å². The SMILES string of the molecule is CC(=O)O[C@H]1CC[C@H]2[C@@H]3[C@H](Br)[C@@H](Br)C4=C(Br)C(=O)[C@H](Br)C[C@]4(C)[C@H]3CC[C@]12C. The highest BCUT2D eigenvalue weighted by Gasteiger charge is 2.64. The largest absolute Gasteiger partial charge is 0.462 e. The van der Waals surface area contributed by atoms with Crippen molar-refractivity contribution in [1.82, 2.24) is 0 Å². The summed E-state index contributed by atoms with van der Waals surface area (Å²) in [6.45, 7) is 6.21. The number of alkyl halides is 3. The van der Waals surface area contributed by atoms with Crippen molar-refractivity contribution in [2.75, 3.05) is 0 Å². The topological polar surface area (TPSA) is 43.4 Å². The van der Waals surface area contributed by atoms with Crippen LogP contribution in [0.4, 0.5) is 0 Å². The molecule has 0 N–H and O–H groups in total. The predicted molar refractivity (Wildman–Crippen MR) is 124 cm³/mol. The molecule has 9 atom stereocenters.